The van der Waals surface area contributed by atoms with Crippen molar-refractivity contribution < 1.29 is 23.4 Å². The van der Waals surface area contributed by atoms with E-state index in [0.717, 1.165) is 18.8 Å². The molecule has 5 nitrogen and oxygen atoms in total. The Morgan fingerprint density at radius 1 is 0.839 bits per heavy atom. The molecule has 1 saturated carbocycles. The second-order valence-electron chi connectivity index (χ2n) is 11.0. The first-order valence-corrected chi connectivity index (χ1v) is 14.7. The van der Waals surface area contributed by atoms with Crippen LogP contribution in [0, 0.1) is 5.92 Å². The maximum absolute atomic E-state index is 11.2. The van der Waals surface area contributed by atoms with E-state index in [1.807, 2.05) is 21.1 Å². The monoisotopic (exact) mass is 461 g/mol. The second kappa shape index (κ2) is 16.6. The molecular weight excluding hydrogens is 409 g/mol. The second-order valence-corrected chi connectivity index (χ2v) is 12.1. The van der Waals surface area contributed by atoms with Crippen LogP contribution in [0.3, 0.4) is 0 Å². The minimum atomic E-state index is -4.68. The molecule has 1 rings (SSSR count). The summed E-state index contributed by atoms with van der Waals surface area (Å²) in [6.07, 6.45) is 24.6. The quantitative estimate of drug-likeness (QED) is 0.227. The topological polar surface area (TPSA) is 69.6 Å². The molecule has 0 aromatic carbocycles. The number of quaternary nitrogens is 1. The van der Waals surface area contributed by atoms with Gasteiger partial charge in [0.1, 0.15) is 12.6 Å². The molecule has 1 aliphatic rings. The van der Waals surface area contributed by atoms with Crippen LogP contribution in [0.4, 0.5) is 0 Å². The van der Waals surface area contributed by atoms with Crippen molar-refractivity contribution in [2.24, 2.45) is 5.92 Å². The number of phosphoric acid groups is 1. The summed E-state index contributed by atoms with van der Waals surface area (Å²) >= 11 is 0. The van der Waals surface area contributed by atoms with Crippen molar-refractivity contribution >= 4 is 7.82 Å². The molecule has 0 bridgehead atoms. The van der Waals surface area contributed by atoms with E-state index >= 15 is 0 Å². The van der Waals surface area contributed by atoms with Gasteiger partial charge in [0.2, 0.25) is 0 Å². The summed E-state index contributed by atoms with van der Waals surface area (Å²) in [6.45, 7) is 0.579. The highest BCUT2D eigenvalue weighted by atomic mass is 31.2. The summed E-state index contributed by atoms with van der Waals surface area (Å²) in [5.74, 6) is 0.864. The molecular formula is C25H52NO4P. The summed E-state index contributed by atoms with van der Waals surface area (Å²) < 4.78 is 16.8. The molecule has 2 unspecified atom stereocenters. The standard InChI is InChI=1S/C25H52NO4P/c1-26(2,3)23-25(30-31(27,28)29)22-18-14-17-21-24-19-15-12-10-8-6-4-5-7-9-11-13-16-20-24/h24-25H,4-23H2,1-3H3,(H-,27,28,29). The molecule has 0 aromatic heterocycles. The number of hydrogen-bond donors (Lipinski definition) is 1. The third kappa shape index (κ3) is 19.3. The minimum absolute atomic E-state index is 0.438. The van der Waals surface area contributed by atoms with Crippen LogP contribution >= 0.6 is 7.82 Å². The zero-order valence-corrected chi connectivity index (χ0v) is 21.8. The Morgan fingerprint density at radius 3 is 1.71 bits per heavy atom. The van der Waals surface area contributed by atoms with Crippen LogP contribution in [0.25, 0.3) is 0 Å². The molecule has 1 aliphatic carbocycles. The lowest BCUT2D eigenvalue weighted by Gasteiger charge is -2.31. The van der Waals surface area contributed by atoms with Gasteiger partial charge in [-0.05, 0) is 12.3 Å². The van der Waals surface area contributed by atoms with Crippen molar-refractivity contribution in [1.29, 1.82) is 0 Å². The average Bonchev–Trinajstić information content (AvgIpc) is 2.65. The first-order chi connectivity index (χ1) is 14.7. The number of hydrogen-bond acceptors (Lipinski definition) is 3. The predicted octanol–water partition coefficient (Wildman–Crippen LogP) is 6.58. The van der Waals surface area contributed by atoms with E-state index in [1.165, 1.54) is 103 Å². The zero-order chi connectivity index (χ0) is 23.0. The fourth-order valence-electron chi connectivity index (χ4n) is 5.03. The van der Waals surface area contributed by atoms with Crippen LogP contribution in [0.5, 0.6) is 0 Å². The van der Waals surface area contributed by atoms with E-state index in [-0.39, 0.29) is 0 Å². The molecule has 0 aliphatic heterocycles. The van der Waals surface area contributed by atoms with Gasteiger partial charge in [0.05, 0.1) is 21.1 Å². The van der Waals surface area contributed by atoms with Crippen LogP contribution in [0.1, 0.15) is 122 Å². The van der Waals surface area contributed by atoms with Crippen LogP contribution < -0.4 is 4.89 Å². The Kier molecular flexibility index (Phi) is 15.6. The van der Waals surface area contributed by atoms with Crippen LogP contribution in [0.2, 0.25) is 0 Å². The number of phosphoric ester groups is 1. The molecule has 0 amide bonds. The normalized spacial score (nSPS) is 22.2. The number of rotatable bonds is 10. The Bertz CT molecular complexity index is 459. The van der Waals surface area contributed by atoms with Crippen molar-refractivity contribution in [3.05, 3.63) is 0 Å². The molecule has 0 radical (unpaired) electrons. The predicted molar refractivity (Wildman–Crippen MR) is 129 cm³/mol. The Morgan fingerprint density at radius 2 is 1.29 bits per heavy atom. The maximum Gasteiger partial charge on any atom is 0.265 e. The Labute approximate surface area is 193 Å². The van der Waals surface area contributed by atoms with E-state index in [0.29, 0.717) is 17.4 Å². The van der Waals surface area contributed by atoms with E-state index in [4.69, 9.17) is 9.42 Å². The van der Waals surface area contributed by atoms with Gasteiger partial charge < -0.3 is 18.8 Å². The van der Waals surface area contributed by atoms with Crippen LogP contribution in [-0.2, 0) is 9.09 Å². The van der Waals surface area contributed by atoms with Gasteiger partial charge in [-0.1, -0.05) is 116 Å². The largest absolute Gasteiger partial charge is 0.756 e. The van der Waals surface area contributed by atoms with Crippen molar-refractivity contribution in [2.45, 2.75) is 128 Å². The highest BCUT2D eigenvalue weighted by Crippen LogP contribution is 2.34. The van der Waals surface area contributed by atoms with Gasteiger partial charge in [-0.3, -0.25) is 4.57 Å². The molecule has 1 N–H and O–H groups in total. The van der Waals surface area contributed by atoms with E-state index in [2.05, 4.69) is 0 Å². The first-order valence-electron chi connectivity index (χ1n) is 13.2. The smallest absolute Gasteiger partial charge is 0.265 e. The average molecular weight is 462 g/mol. The van der Waals surface area contributed by atoms with Crippen molar-refractivity contribution in [2.75, 3.05) is 27.7 Å². The molecule has 186 valence electrons. The molecule has 31 heavy (non-hydrogen) atoms. The van der Waals surface area contributed by atoms with E-state index < -0.39 is 13.9 Å². The molecule has 0 aromatic rings. The summed E-state index contributed by atoms with van der Waals surface area (Å²) in [7, 11) is 1.36. The molecule has 6 heteroatoms. The Hall–Kier alpha value is 0.0700. The lowest BCUT2D eigenvalue weighted by molar-refractivity contribution is -0.873. The minimum Gasteiger partial charge on any atom is -0.756 e. The van der Waals surface area contributed by atoms with Gasteiger partial charge in [0, 0.05) is 0 Å². The number of unbranched alkanes of at least 4 members (excludes halogenated alkanes) is 2. The van der Waals surface area contributed by atoms with Gasteiger partial charge in [-0.2, -0.15) is 0 Å². The zero-order valence-electron chi connectivity index (χ0n) is 20.9. The van der Waals surface area contributed by atoms with Crippen molar-refractivity contribution in [3.8, 4) is 0 Å². The molecule has 0 saturated heterocycles. The third-order valence-corrected chi connectivity index (χ3v) is 7.21. The van der Waals surface area contributed by atoms with Gasteiger partial charge in [0.15, 0.2) is 0 Å². The molecule has 1 fully saturated rings. The van der Waals surface area contributed by atoms with Crippen LogP contribution in [0.15, 0.2) is 0 Å². The Balaban J connectivity index is 2.33. The van der Waals surface area contributed by atoms with Crippen molar-refractivity contribution in [1.82, 2.24) is 0 Å². The summed E-state index contributed by atoms with van der Waals surface area (Å²) in [6, 6.07) is 0. The van der Waals surface area contributed by atoms with Crippen molar-refractivity contribution in [3.63, 3.8) is 0 Å². The number of nitrogens with zero attached hydrogens (tertiary/aromatic N) is 1. The highest BCUT2D eigenvalue weighted by Gasteiger charge is 2.22. The molecule has 2 atom stereocenters. The van der Waals surface area contributed by atoms with Gasteiger partial charge in [-0.15, -0.1) is 0 Å². The maximum atomic E-state index is 11.2. The van der Waals surface area contributed by atoms with Gasteiger partial charge >= 0.3 is 0 Å². The summed E-state index contributed by atoms with van der Waals surface area (Å²) in [5, 5.41) is 0. The molecule has 0 spiro atoms. The SMILES string of the molecule is C[N+](C)(C)CC(CCCCCC1CCCCCCCCCCCCCC1)OP(=O)([O-])O. The van der Waals surface area contributed by atoms with E-state index in [1.54, 1.807) is 0 Å². The molecule has 0 heterocycles. The first kappa shape index (κ1) is 29.1. The van der Waals surface area contributed by atoms with Gasteiger partial charge in [0.25, 0.3) is 7.82 Å². The van der Waals surface area contributed by atoms with Gasteiger partial charge in [-0.25, -0.2) is 0 Å². The van der Waals surface area contributed by atoms with Crippen LogP contribution in [-0.4, -0.2) is 43.2 Å². The highest BCUT2D eigenvalue weighted by molar-refractivity contribution is 7.44. The summed E-state index contributed by atoms with van der Waals surface area (Å²) in [4.78, 5) is 20.3. The summed E-state index contributed by atoms with van der Waals surface area (Å²) in [5.41, 5.74) is 0. The third-order valence-electron chi connectivity index (χ3n) is 6.65. The fraction of sp³-hybridized carbons (Fsp3) is 1.00. The number of likely N-dealkylation sites (N-methyl/N-ethyl adjacent to an activating group) is 1. The lowest BCUT2D eigenvalue weighted by atomic mass is 9.89. The lowest BCUT2D eigenvalue weighted by Crippen LogP contribution is -2.42. The van der Waals surface area contributed by atoms with E-state index in [9.17, 15) is 9.46 Å². The fourth-order valence-corrected chi connectivity index (χ4v) is 5.57.